The zero-order valence-corrected chi connectivity index (χ0v) is 7.69. The van der Waals surface area contributed by atoms with E-state index in [1.165, 1.54) is 0 Å². The molecule has 14 heavy (non-hydrogen) atoms. The molecule has 6 nitrogen and oxygen atoms in total. The molecule has 0 amide bonds. The molecule has 0 fully saturated rings. The summed E-state index contributed by atoms with van der Waals surface area (Å²) in [7, 11) is 0. The molecule has 0 heterocycles. The first kappa shape index (κ1) is 12.4. The van der Waals surface area contributed by atoms with Crippen molar-refractivity contribution >= 4 is 11.9 Å². The van der Waals surface area contributed by atoms with Crippen LogP contribution >= 0.6 is 0 Å². The Balaban J connectivity index is 4.49. The SMILES string of the molecule is NCCCCC(N)=C(C(=O)O)C(=O)O. The lowest BCUT2D eigenvalue weighted by atomic mass is 10.1. The van der Waals surface area contributed by atoms with Gasteiger partial charge in [-0.25, -0.2) is 9.59 Å². The maximum atomic E-state index is 10.5. The van der Waals surface area contributed by atoms with E-state index in [2.05, 4.69) is 0 Å². The molecule has 0 aliphatic heterocycles. The topological polar surface area (TPSA) is 127 Å². The summed E-state index contributed by atoms with van der Waals surface area (Å²) in [6.07, 6.45) is 1.52. The number of carbonyl (C=O) groups is 2. The molecule has 0 saturated heterocycles. The van der Waals surface area contributed by atoms with E-state index < -0.39 is 17.5 Å². The standard InChI is InChI=1S/C8H14N2O4/c9-4-2-1-3-5(10)6(7(11)12)8(13)14/h1-4,9-10H2,(H,11,12)(H,13,14). The van der Waals surface area contributed by atoms with E-state index in [1.54, 1.807) is 0 Å². The number of rotatable bonds is 6. The van der Waals surface area contributed by atoms with E-state index in [0.29, 0.717) is 19.4 Å². The average Bonchev–Trinajstić information content (AvgIpc) is 2.03. The molecule has 80 valence electrons. The predicted molar refractivity (Wildman–Crippen MR) is 49.4 cm³/mol. The lowest BCUT2D eigenvalue weighted by Crippen LogP contribution is -2.18. The second-order valence-corrected chi connectivity index (χ2v) is 2.76. The van der Waals surface area contributed by atoms with Gasteiger partial charge in [0.05, 0.1) is 0 Å². The molecular weight excluding hydrogens is 188 g/mol. The van der Waals surface area contributed by atoms with Gasteiger partial charge in [-0.1, -0.05) is 0 Å². The third-order valence-corrected chi connectivity index (χ3v) is 1.65. The van der Waals surface area contributed by atoms with Gasteiger partial charge in [0.2, 0.25) is 0 Å². The van der Waals surface area contributed by atoms with Crippen LogP contribution < -0.4 is 11.5 Å². The van der Waals surface area contributed by atoms with Gasteiger partial charge < -0.3 is 21.7 Å². The fourth-order valence-electron chi connectivity index (χ4n) is 0.951. The predicted octanol–water partition coefficient (Wildman–Crippen LogP) is -0.503. The molecule has 0 aromatic rings. The van der Waals surface area contributed by atoms with E-state index in [1.807, 2.05) is 0 Å². The third kappa shape index (κ3) is 3.90. The lowest BCUT2D eigenvalue weighted by molar-refractivity contribution is -0.140. The molecule has 0 atom stereocenters. The lowest BCUT2D eigenvalue weighted by Gasteiger charge is -2.03. The van der Waals surface area contributed by atoms with Crippen molar-refractivity contribution in [3.63, 3.8) is 0 Å². The summed E-state index contributed by atoms with van der Waals surface area (Å²) in [5.74, 6) is -3.02. The number of aliphatic carboxylic acids is 2. The van der Waals surface area contributed by atoms with Gasteiger partial charge >= 0.3 is 11.9 Å². The molecule has 0 bridgehead atoms. The highest BCUT2D eigenvalue weighted by Gasteiger charge is 2.19. The molecule has 0 aromatic heterocycles. The second kappa shape index (κ2) is 5.98. The molecule has 6 N–H and O–H groups in total. The summed E-state index contributed by atoms with van der Waals surface area (Å²) in [4.78, 5) is 20.9. The summed E-state index contributed by atoms with van der Waals surface area (Å²) in [5.41, 5.74) is 9.70. The first-order valence-electron chi connectivity index (χ1n) is 4.16. The Hall–Kier alpha value is -1.56. The van der Waals surface area contributed by atoms with Gasteiger partial charge in [0.15, 0.2) is 5.57 Å². The first-order chi connectivity index (χ1) is 6.50. The molecule has 0 saturated carbocycles. The number of unbranched alkanes of at least 4 members (excludes halogenated alkanes) is 1. The van der Waals surface area contributed by atoms with Crippen LogP contribution in [0.3, 0.4) is 0 Å². The Bertz CT molecular complexity index is 244. The maximum absolute atomic E-state index is 10.5. The fraction of sp³-hybridized carbons (Fsp3) is 0.500. The largest absolute Gasteiger partial charge is 0.477 e. The van der Waals surface area contributed by atoms with Gasteiger partial charge in [-0.15, -0.1) is 0 Å². The number of carboxylic acids is 2. The molecule has 0 spiro atoms. The number of hydrogen-bond acceptors (Lipinski definition) is 4. The van der Waals surface area contributed by atoms with Crippen LogP contribution in [0.1, 0.15) is 19.3 Å². The summed E-state index contributed by atoms with van der Waals surface area (Å²) >= 11 is 0. The summed E-state index contributed by atoms with van der Waals surface area (Å²) < 4.78 is 0. The first-order valence-corrected chi connectivity index (χ1v) is 4.16. The molecule has 6 heteroatoms. The molecule has 0 aliphatic carbocycles. The quantitative estimate of drug-likeness (QED) is 0.199. The van der Waals surface area contributed by atoms with E-state index in [0.717, 1.165) is 0 Å². The maximum Gasteiger partial charge on any atom is 0.344 e. The average molecular weight is 202 g/mol. The third-order valence-electron chi connectivity index (χ3n) is 1.65. The molecule has 0 aliphatic rings. The Kier molecular flexibility index (Phi) is 5.31. The van der Waals surface area contributed by atoms with Gasteiger partial charge in [-0.2, -0.15) is 0 Å². The van der Waals surface area contributed by atoms with Crippen molar-refractivity contribution in [3.8, 4) is 0 Å². The zero-order valence-electron chi connectivity index (χ0n) is 7.69. The summed E-state index contributed by atoms with van der Waals surface area (Å²) in [5, 5.41) is 17.1. The monoisotopic (exact) mass is 202 g/mol. The number of nitrogens with two attached hydrogens (primary N) is 2. The van der Waals surface area contributed by atoms with Crippen LogP contribution in [0.2, 0.25) is 0 Å². The second-order valence-electron chi connectivity index (χ2n) is 2.76. The smallest absolute Gasteiger partial charge is 0.344 e. The molecular formula is C8H14N2O4. The number of carboxylic acid groups (broad SMARTS) is 2. The molecule has 0 unspecified atom stereocenters. The van der Waals surface area contributed by atoms with E-state index in [4.69, 9.17) is 21.7 Å². The Morgan fingerprint density at radius 3 is 1.93 bits per heavy atom. The fourth-order valence-corrected chi connectivity index (χ4v) is 0.951. The number of hydrogen-bond donors (Lipinski definition) is 4. The summed E-state index contributed by atoms with van der Waals surface area (Å²) in [6.45, 7) is 0.475. The van der Waals surface area contributed by atoms with Crippen LogP contribution in [0.5, 0.6) is 0 Å². The molecule has 0 aromatic carbocycles. The molecule has 0 rings (SSSR count). The van der Waals surface area contributed by atoms with E-state index >= 15 is 0 Å². The van der Waals surface area contributed by atoms with Crippen LogP contribution in [0.15, 0.2) is 11.3 Å². The van der Waals surface area contributed by atoms with E-state index in [9.17, 15) is 9.59 Å². The van der Waals surface area contributed by atoms with Crippen molar-refractivity contribution < 1.29 is 19.8 Å². The van der Waals surface area contributed by atoms with Crippen molar-refractivity contribution in [1.29, 1.82) is 0 Å². The zero-order chi connectivity index (χ0) is 11.1. The van der Waals surface area contributed by atoms with Crippen molar-refractivity contribution in [1.82, 2.24) is 0 Å². The van der Waals surface area contributed by atoms with Gasteiger partial charge in [0, 0.05) is 5.70 Å². The van der Waals surface area contributed by atoms with Crippen LogP contribution in [0, 0.1) is 0 Å². The van der Waals surface area contributed by atoms with Gasteiger partial charge in [-0.3, -0.25) is 0 Å². The van der Waals surface area contributed by atoms with Crippen LogP contribution in [-0.4, -0.2) is 28.7 Å². The minimum absolute atomic E-state index is 0.113. The normalized spacial score (nSPS) is 9.50. The minimum Gasteiger partial charge on any atom is -0.477 e. The Morgan fingerprint density at radius 2 is 1.57 bits per heavy atom. The minimum atomic E-state index is -1.51. The van der Waals surface area contributed by atoms with Crippen molar-refractivity contribution in [2.45, 2.75) is 19.3 Å². The Morgan fingerprint density at radius 1 is 1.07 bits per heavy atom. The van der Waals surface area contributed by atoms with Gasteiger partial charge in [-0.05, 0) is 25.8 Å². The van der Waals surface area contributed by atoms with Crippen molar-refractivity contribution in [2.75, 3.05) is 6.54 Å². The van der Waals surface area contributed by atoms with Crippen LogP contribution in [-0.2, 0) is 9.59 Å². The summed E-state index contributed by atoms with van der Waals surface area (Å²) in [6, 6.07) is 0. The van der Waals surface area contributed by atoms with Crippen LogP contribution in [0.25, 0.3) is 0 Å². The van der Waals surface area contributed by atoms with E-state index in [-0.39, 0.29) is 12.1 Å². The van der Waals surface area contributed by atoms with Gasteiger partial charge in [0.25, 0.3) is 0 Å². The van der Waals surface area contributed by atoms with Crippen molar-refractivity contribution in [3.05, 3.63) is 11.3 Å². The highest BCUT2D eigenvalue weighted by Crippen LogP contribution is 2.08. The highest BCUT2D eigenvalue weighted by molar-refractivity contribution is 6.13. The van der Waals surface area contributed by atoms with Crippen LogP contribution in [0.4, 0.5) is 0 Å². The Labute approximate surface area is 81.2 Å². The highest BCUT2D eigenvalue weighted by atomic mass is 16.4. The van der Waals surface area contributed by atoms with Crippen molar-refractivity contribution in [2.24, 2.45) is 11.5 Å². The van der Waals surface area contributed by atoms with Gasteiger partial charge in [0.1, 0.15) is 0 Å². The number of allylic oxidation sites excluding steroid dienone is 1. The molecule has 0 radical (unpaired) electrons.